The van der Waals surface area contributed by atoms with E-state index in [1.807, 2.05) is 0 Å². The summed E-state index contributed by atoms with van der Waals surface area (Å²) >= 11 is 0. The maximum atomic E-state index is 14.0. The fourth-order valence-corrected chi connectivity index (χ4v) is 3.58. The van der Waals surface area contributed by atoms with Crippen molar-refractivity contribution in [2.24, 2.45) is 0 Å². The largest absolute Gasteiger partial charge is 0.460 e. The molecule has 0 aliphatic heterocycles. The molecule has 4 nitrogen and oxygen atoms in total. The number of aliphatic hydroxyl groups is 3. The van der Waals surface area contributed by atoms with Crippen LogP contribution in [0.15, 0.2) is 0 Å². The highest BCUT2D eigenvalue weighted by Crippen LogP contribution is 2.62. The topological polar surface area (TPSA) is 63.9 Å². The Labute approximate surface area is 258 Å². The van der Waals surface area contributed by atoms with Crippen molar-refractivity contribution in [3.63, 3.8) is 0 Å². The van der Waals surface area contributed by atoms with Gasteiger partial charge in [0.2, 0.25) is 0 Å². The Morgan fingerprint density at radius 2 is 0.580 bits per heavy atom. The van der Waals surface area contributed by atoms with Gasteiger partial charge in [0.1, 0.15) is 0 Å². The molecule has 0 aromatic rings. The number of aliphatic hydroxyl groups excluding tert-OH is 3. The lowest BCUT2D eigenvalue weighted by molar-refractivity contribution is -0.440. The predicted molar refractivity (Wildman–Crippen MR) is 106 cm³/mol. The summed E-state index contributed by atoms with van der Waals surface area (Å²) in [5.74, 6) is -79.5. The van der Waals surface area contributed by atoms with Gasteiger partial charge in [0.15, 0.2) is 0 Å². The molecule has 2 atom stereocenters. The van der Waals surface area contributed by atoms with Gasteiger partial charge in [0.05, 0.1) is 18.8 Å². The Morgan fingerprint density at radius 1 is 0.360 bits per heavy atom. The fraction of sp³-hybridized carbons (Fsp3) is 1.00. The first-order chi connectivity index (χ1) is 21.4. The third-order valence-corrected chi connectivity index (χ3v) is 6.33. The number of rotatable bonds is 18. The molecule has 302 valence electrons. The number of hydrogen-bond donors (Lipinski definition) is 3. The maximum Gasteiger partial charge on any atom is 0.460 e. The van der Waals surface area contributed by atoms with Crippen LogP contribution in [0.4, 0.5) is 114 Å². The normalized spacial score (nSPS) is 17.4. The minimum absolute atomic E-state index is 0.285. The monoisotopic (exact) mass is 813 g/mol. The van der Waals surface area contributed by atoms with Gasteiger partial charge in [-0.3, -0.25) is 4.90 Å². The van der Waals surface area contributed by atoms with Gasteiger partial charge < -0.3 is 15.3 Å². The van der Waals surface area contributed by atoms with E-state index in [2.05, 4.69) is 0 Å². The Morgan fingerprint density at radius 3 is 0.780 bits per heavy atom. The van der Waals surface area contributed by atoms with Crippen molar-refractivity contribution in [3.05, 3.63) is 0 Å². The highest BCUT2D eigenvalue weighted by atomic mass is 19.4. The lowest BCUT2D eigenvalue weighted by Crippen LogP contribution is -2.70. The molecule has 0 fully saturated rings. The Kier molecular flexibility index (Phi) is 13.2. The van der Waals surface area contributed by atoms with E-state index in [0.29, 0.717) is 0 Å². The van der Waals surface area contributed by atoms with E-state index in [1.165, 1.54) is 0 Å². The molecular formula is C20H17F26NO3. The summed E-state index contributed by atoms with van der Waals surface area (Å²) in [6, 6.07) is 0. The van der Waals surface area contributed by atoms with Crippen molar-refractivity contribution in [2.75, 3.05) is 26.2 Å². The van der Waals surface area contributed by atoms with E-state index in [0.717, 1.165) is 0 Å². The Balaban J connectivity index is 6.21. The molecule has 0 heterocycles. The van der Waals surface area contributed by atoms with Gasteiger partial charge in [-0.25, -0.2) is 0 Å². The van der Waals surface area contributed by atoms with Crippen LogP contribution in [0.3, 0.4) is 0 Å². The fourth-order valence-electron chi connectivity index (χ4n) is 3.58. The van der Waals surface area contributed by atoms with Crippen molar-refractivity contribution in [1.82, 2.24) is 4.90 Å². The third-order valence-electron chi connectivity index (χ3n) is 6.33. The molecule has 0 aromatic heterocycles. The average molecular weight is 813 g/mol. The van der Waals surface area contributed by atoms with Crippen LogP contribution in [0.25, 0.3) is 0 Å². The van der Waals surface area contributed by atoms with Crippen LogP contribution >= 0.6 is 0 Å². The first-order valence-electron chi connectivity index (χ1n) is 12.0. The Hall–Kier alpha value is -1.98. The van der Waals surface area contributed by atoms with E-state index in [-0.39, 0.29) is 4.90 Å². The summed E-state index contributed by atoms with van der Waals surface area (Å²) in [5, 5.41) is 27.9. The van der Waals surface area contributed by atoms with Crippen LogP contribution in [-0.2, 0) is 0 Å². The van der Waals surface area contributed by atoms with Crippen molar-refractivity contribution >= 4 is 0 Å². The molecule has 0 rings (SSSR count). The molecule has 0 aliphatic carbocycles. The van der Waals surface area contributed by atoms with Gasteiger partial charge in [0.25, 0.3) is 0 Å². The molecule has 0 aromatic carbocycles. The first-order valence-corrected chi connectivity index (χ1v) is 12.0. The average Bonchev–Trinajstić information content (AvgIpc) is 2.85. The summed E-state index contributed by atoms with van der Waals surface area (Å²) in [4.78, 5) is -0.285. The van der Waals surface area contributed by atoms with Gasteiger partial charge >= 0.3 is 71.6 Å². The summed E-state index contributed by atoms with van der Waals surface area (Å²) in [6.45, 7) is -7.06. The molecule has 0 bridgehead atoms. The van der Waals surface area contributed by atoms with Crippen LogP contribution in [0, 0.1) is 0 Å². The van der Waals surface area contributed by atoms with Crippen LogP contribution in [0.2, 0.25) is 0 Å². The van der Waals surface area contributed by atoms with E-state index >= 15 is 0 Å². The van der Waals surface area contributed by atoms with Gasteiger partial charge in [0, 0.05) is 32.5 Å². The minimum atomic E-state index is -8.36. The Bertz CT molecular complexity index is 1050. The zero-order valence-corrected chi connectivity index (χ0v) is 23.0. The van der Waals surface area contributed by atoms with E-state index in [4.69, 9.17) is 5.11 Å². The summed E-state index contributed by atoms with van der Waals surface area (Å²) in [5.41, 5.74) is 0. The molecular weight excluding hydrogens is 796 g/mol. The zero-order chi connectivity index (χ0) is 41.0. The molecule has 2 unspecified atom stereocenters. The molecule has 0 spiro atoms. The lowest BCUT2D eigenvalue weighted by Gasteiger charge is -2.40. The van der Waals surface area contributed by atoms with E-state index in [1.54, 1.807) is 0 Å². The molecule has 0 radical (unpaired) electrons. The third kappa shape index (κ3) is 7.85. The standard InChI is InChI=1S/C20H17F26NO3/c21-9(22,11(25,26)13(29,30)15(33,34)17(37,38)19(41,42)43)3-7(49)5-47(1-2-48)6-8(50)4-10(23,24)12(27,28)14(31,32)16(35,36)18(39,40)20(44,45)46/h7-8,48-50H,1-6H2. The smallest absolute Gasteiger partial charge is 0.395 e. The summed E-state index contributed by atoms with van der Waals surface area (Å²) in [7, 11) is 0. The highest BCUT2D eigenvalue weighted by molar-refractivity contribution is 5.12. The molecule has 3 N–H and O–H groups in total. The predicted octanol–water partition coefficient (Wildman–Crippen LogP) is 7.26. The second-order valence-corrected chi connectivity index (χ2v) is 10.2. The van der Waals surface area contributed by atoms with E-state index in [9.17, 15) is 124 Å². The number of alkyl halides is 26. The van der Waals surface area contributed by atoms with Crippen LogP contribution in [-0.4, -0.2) is 130 Å². The minimum Gasteiger partial charge on any atom is -0.395 e. The quantitative estimate of drug-likeness (QED) is 0.128. The van der Waals surface area contributed by atoms with Crippen LogP contribution < -0.4 is 0 Å². The second kappa shape index (κ2) is 13.8. The van der Waals surface area contributed by atoms with Gasteiger partial charge in [-0.1, -0.05) is 0 Å². The van der Waals surface area contributed by atoms with Gasteiger partial charge in [-0.15, -0.1) is 0 Å². The van der Waals surface area contributed by atoms with Gasteiger partial charge in [-0.05, 0) is 0 Å². The summed E-state index contributed by atoms with van der Waals surface area (Å²) in [6.07, 6.45) is -29.4. The van der Waals surface area contributed by atoms with Crippen molar-refractivity contribution in [1.29, 1.82) is 0 Å². The lowest BCUT2D eigenvalue weighted by atomic mass is 9.91. The summed E-state index contributed by atoms with van der Waals surface area (Å²) < 4.78 is 343. The zero-order valence-electron chi connectivity index (χ0n) is 23.0. The molecule has 0 saturated heterocycles. The van der Waals surface area contributed by atoms with Crippen molar-refractivity contribution in [2.45, 2.75) is 96.6 Å². The number of halogens is 26. The van der Waals surface area contributed by atoms with E-state index < -0.39 is 123 Å². The van der Waals surface area contributed by atoms with Crippen molar-refractivity contribution < 1.29 is 129 Å². The van der Waals surface area contributed by atoms with Crippen LogP contribution in [0.5, 0.6) is 0 Å². The van der Waals surface area contributed by atoms with Gasteiger partial charge in [-0.2, -0.15) is 114 Å². The van der Waals surface area contributed by atoms with Crippen LogP contribution in [0.1, 0.15) is 12.8 Å². The maximum absolute atomic E-state index is 14.0. The molecule has 0 amide bonds. The molecule has 30 heteroatoms. The first kappa shape index (κ1) is 48.0. The van der Waals surface area contributed by atoms with Crippen molar-refractivity contribution in [3.8, 4) is 0 Å². The highest BCUT2D eigenvalue weighted by Gasteiger charge is 2.92. The SMILES string of the molecule is OCCN(CC(O)CC(F)(F)C(F)(F)C(F)(F)C(F)(F)C(F)(F)C(F)(F)F)CC(O)CC(F)(F)C(F)(F)C(F)(F)C(F)(F)C(F)(F)C(F)(F)F. The molecule has 0 saturated carbocycles. The molecule has 0 aliphatic rings. The number of hydrogen-bond acceptors (Lipinski definition) is 4. The molecule has 50 heavy (non-hydrogen) atoms. The second-order valence-electron chi connectivity index (χ2n) is 10.2. The number of nitrogens with zero attached hydrogens (tertiary/aromatic N) is 1.